The van der Waals surface area contributed by atoms with E-state index < -0.39 is 17.9 Å². The van der Waals surface area contributed by atoms with E-state index in [1.807, 2.05) is 24.3 Å². The first-order valence-corrected chi connectivity index (χ1v) is 8.14. The van der Waals surface area contributed by atoms with Crippen LogP contribution in [0.5, 0.6) is 5.75 Å². The Labute approximate surface area is 145 Å². The highest BCUT2D eigenvalue weighted by atomic mass is 16.5. The highest BCUT2D eigenvalue weighted by Crippen LogP contribution is 2.38. The summed E-state index contributed by atoms with van der Waals surface area (Å²) >= 11 is 0. The Morgan fingerprint density at radius 1 is 1.40 bits per heavy atom. The van der Waals surface area contributed by atoms with E-state index >= 15 is 0 Å². The maximum absolute atomic E-state index is 12.6. The predicted octanol–water partition coefficient (Wildman–Crippen LogP) is 1.99. The smallest absolute Gasteiger partial charge is 0.308 e. The number of carboxylic acids is 1. The molecule has 3 rings (SSSR count). The Morgan fingerprint density at radius 3 is 2.80 bits per heavy atom. The van der Waals surface area contributed by atoms with Gasteiger partial charge in [0, 0.05) is 37.3 Å². The number of para-hydroxylation sites is 1. The largest absolute Gasteiger partial charge is 0.496 e. The standard InChI is InChI=1S/C18H21N3O4/c1-20-10-13(9-19-20)17-14(18(23)24)7-8-16(22)21(17)11-12-5-3-4-6-15(12)25-2/h3-6,9-10,14,17H,7-8,11H2,1-2H3,(H,23,24)/t14-,17+/m0/s1. The predicted molar refractivity (Wildman–Crippen MR) is 89.9 cm³/mol. The quantitative estimate of drug-likeness (QED) is 0.897. The van der Waals surface area contributed by atoms with Crippen molar-refractivity contribution in [2.45, 2.75) is 25.4 Å². The van der Waals surface area contributed by atoms with Crippen molar-refractivity contribution >= 4 is 11.9 Å². The summed E-state index contributed by atoms with van der Waals surface area (Å²) in [5.41, 5.74) is 1.58. The number of aromatic nitrogens is 2. The summed E-state index contributed by atoms with van der Waals surface area (Å²) in [6.07, 6.45) is 3.96. The van der Waals surface area contributed by atoms with Gasteiger partial charge in [-0.1, -0.05) is 18.2 Å². The molecule has 0 radical (unpaired) electrons. The molecule has 0 unspecified atom stereocenters. The molecule has 2 atom stereocenters. The number of carboxylic acid groups (broad SMARTS) is 1. The van der Waals surface area contributed by atoms with E-state index in [-0.39, 0.29) is 12.3 Å². The molecule has 25 heavy (non-hydrogen) atoms. The molecular formula is C18H21N3O4. The van der Waals surface area contributed by atoms with Crippen LogP contribution in [-0.4, -0.2) is 38.8 Å². The van der Waals surface area contributed by atoms with Gasteiger partial charge in [-0.05, 0) is 12.5 Å². The number of benzene rings is 1. The molecule has 0 saturated carbocycles. The van der Waals surface area contributed by atoms with Crippen molar-refractivity contribution in [3.05, 3.63) is 47.8 Å². The summed E-state index contributed by atoms with van der Waals surface area (Å²) in [7, 11) is 3.35. The van der Waals surface area contributed by atoms with Crippen LogP contribution in [-0.2, 0) is 23.2 Å². The number of ether oxygens (including phenoxy) is 1. The van der Waals surface area contributed by atoms with Crippen LogP contribution in [0.15, 0.2) is 36.7 Å². The van der Waals surface area contributed by atoms with E-state index in [1.165, 1.54) is 0 Å². The average Bonchev–Trinajstić information content (AvgIpc) is 3.02. The van der Waals surface area contributed by atoms with Crippen molar-refractivity contribution in [2.24, 2.45) is 13.0 Å². The van der Waals surface area contributed by atoms with Gasteiger partial charge < -0.3 is 14.7 Å². The molecule has 1 fully saturated rings. The molecule has 0 spiro atoms. The van der Waals surface area contributed by atoms with Crippen LogP contribution in [0.3, 0.4) is 0 Å². The first kappa shape index (κ1) is 17.0. The summed E-state index contributed by atoms with van der Waals surface area (Å²) in [6, 6.07) is 6.91. The number of likely N-dealkylation sites (tertiary alicyclic amines) is 1. The maximum atomic E-state index is 12.6. The number of piperidine rings is 1. The lowest BCUT2D eigenvalue weighted by Crippen LogP contribution is -2.44. The Balaban J connectivity index is 2.00. The third-order valence-corrected chi connectivity index (χ3v) is 4.62. The van der Waals surface area contributed by atoms with Crippen LogP contribution in [0.4, 0.5) is 0 Å². The number of methoxy groups -OCH3 is 1. The highest BCUT2D eigenvalue weighted by Gasteiger charge is 2.41. The number of carbonyl (C=O) groups is 2. The van der Waals surface area contributed by atoms with Crippen molar-refractivity contribution in [1.82, 2.24) is 14.7 Å². The minimum absolute atomic E-state index is 0.0581. The Morgan fingerprint density at radius 2 is 2.16 bits per heavy atom. The van der Waals surface area contributed by atoms with E-state index in [0.29, 0.717) is 18.7 Å². The number of amides is 1. The maximum Gasteiger partial charge on any atom is 0.308 e. The first-order chi connectivity index (χ1) is 12.0. The third kappa shape index (κ3) is 3.35. The molecule has 1 aliphatic heterocycles. The molecule has 0 bridgehead atoms. The summed E-state index contributed by atoms with van der Waals surface area (Å²) in [4.78, 5) is 26.0. The molecule has 1 amide bonds. The van der Waals surface area contributed by atoms with Crippen LogP contribution in [0, 0.1) is 5.92 Å². The molecule has 7 nitrogen and oxygen atoms in total. The zero-order chi connectivity index (χ0) is 18.0. The van der Waals surface area contributed by atoms with Gasteiger partial charge in [0.1, 0.15) is 5.75 Å². The fraction of sp³-hybridized carbons (Fsp3) is 0.389. The number of aryl methyl sites for hydroxylation is 1. The van der Waals surface area contributed by atoms with Gasteiger partial charge in [0.25, 0.3) is 0 Å². The fourth-order valence-corrected chi connectivity index (χ4v) is 3.42. The number of carbonyl (C=O) groups excluding carboxylic acids is 1. The molecule has 2 heterocycles. The van der Waals surface area contributed by atoms with Gasteiger partial charge in [0.2, 0.25) is 5.91 Å². The molecular weight excluding hydrogens is 322 g/mol. The van der Waals surface area contributed by atoms with Crippen molar-refractivity contribution < 1.29 is 19.4 Å². The molecule has 132 valence electrons. The molecule has 0 aliphatic carbocycles. The van der Waals surface area contributed by atoms with Gasteiger partial charge in [0.15, 0.2) is 0 Å². The highest BCUT2D eigenvalue weighted by molar-refractivity contribution is 5.81. The van der Waals surface area contributed by atoms with E-state index in [4.69, 9.17) is 4.74 Å². The lowest BCUT2D eigenvalue weighted by molar-refractivity contribution is -0.152. The van der Waals surface area contributed by atoms with Crippen molar-refractivity contribution in [2.75, 3.05) is 7.11 Å². The monoisotopic (exact) mass is 343 g/mol. The normalized spacial score (nSPS) is 20.6. The molecule has 1 aliphatic rings. The van der Waals surface area contributed by atoms with Crippen molar-refractivity contribution in [3.63, 3.8) is 0 Å². The number of aliphatic carboxylic acids is 1. The second-order valence-corrected chi connectivity index (χ2v) is 6.21. The molecule has 7 heteroatoms. The summed E-state index contributed by atoms with van der Waals surface area (Å²) in [5.74, 6) is -0.932. The van der Waals surface area contributed by atoms with E-state index in [2.05, 4.69) is 5.10 Å². The van der Waals surface area contributed by atoms with Crippen LogP contribution < -0.4 is 4.74 Å². The van der Waals surface area contributed by atoms with Gasteiger partial charge in [0.05, 0.1) is 25.3 Å². The van der Waals surface area contributed by atoms with Gasteiger partial charge in [-0.15, -0.1) is 0 Å². The molecule has 1 N–H and O–H groups in total. The fourth-order valence-electron chi connectivity index (χ4n) is 3.42. The number of nitrogens with zero attached hydrogens (tertiary/aromatic N) is 3. The molecule has 2 aromatic rings. The first-order valence-electron chi connectivity index (χ1n) is 8.14. The zero-order valence-electron chi connectivity index (χ0n) is 14.3. The number of hydrogen-bond donors (Lipinski definition) is 1. The minimum atomic E-state index is -0.897. The Hall–Kier alpha value is -2.83. The summed E-state index contributed by atoms with van der Waals surface area (Å²) in [6.45, 7) is 0.298. The lowest BCUT2D eigenvalue weighted by Gasteiger charge is -2.39. The third-order valence-electron chi connectivity index (χ3n) is 4.62. The summed E-state index contributed by atoms with van der Waals surface area (Å²) < 4.78 is 6.99. The number of rotatable bonds is 5. The molecule has 1 aromatic carbocycles. The van der Waals surface area contributed by atoms with Crippen molar-refractivity contribution in [1.29, 1.82) is 0 Å². The van der Waals surface area contributed by atoms with Crippen LogP contribution in [0.2, 0.25) is 0 Å². The second-order valence-electron chi connectivity index (χ2n) is 6.21. The topological polar surface area (TPSA) is 84.7 Å². The Bertz CT molecular complexity index is 786. The summed E-state index contributed by atoms with van der Waals surface area (Å²) in [5, 5.41) is 13.8. The SMILES string of the molecule is COc1ccccc1CN1C(=O)CC[C@H](C(=O)O)[C@H]1c1cnn(C)c1. The van der Waals surface area contributed by atoms with Crippen LogP contribution in [0.25, 0.3) is 0 Å². The van der Waals surface area contributed by atoms with Gasteiger partial charge in [-0.2, -0.15) is 5.10 Å². The van der Waals surface area contributed by atoms with Gasteiger partial charge in [-0.3, -0.25) is 14.3 Å². The van der Waals surface area contributed by atoms with E-state index in [1.54, 1.807) is 36.1 Å². The molecule has 1 saturated heterocycles. The number of hydrogen-bond acceptors (Lipinski definition) is 4. The van der Waals surface area contributed by atoms with E-state index in [0.717, 1.165) is 11.1 Å². The average molecular weight is 343 g/mol. The van der Waals surface area contributed by atoms with Crippen molar-refractivity contribution in [3.8, 4) is 5.75 Å². The van der Waals surface area contributed by atoms with Gasteiger partial charge >= 0.3 is 5.97 Å². The van der Waals surface area contributed by atoms with Gasteiger partial charge in [-0.25, -0.2) is 0 Å². The molecule has 1 aromatic heterocycles. The Kier molecular flexibility index (Phi) is 4.74. The van der Waals surface area contributed by atoms with E-state index in [9.17, 15) is 14.7 Å². The van der Waals surface area contributed by atoms with Crippen LogP contribution >= 0.6 is 0 Å². The lowest BCUT2D eigenvalue weighted by atomic mass is 9.85. The minimum Gasteiger partial charge on any atom is -0.496 e. The van der Waals surface area contributed by atoms with Crippen LogP contribution in [0.1, 0.15) is 30.0 Å². The zero-order valence-corrected chi connectivity index (χ0v) is 14.3. The second kappa shape index (κ2) is 6.96.